The minimum absolute atomic E-state index is 0.0115. The first-order valence-corrected chi connectivity index (χ1v) is 13.5. The maximum Gasteiger partial charge on any atom is 0.433 e. The molecule has 0 spiro atoms. The second-order valence-electron chi connectivity index (χ2n) is 8.66. The topological polar surface area (TPSA) is 130 Å². The van der Waals surface area contributed by atoms with Gasteiger partial charge in [-0.05, 0) is 54.4 Å². The number of amides is 1. The molecule has 1 amide bonds. The van der Waals surface area contributed by atoms with Gasteiger partial charge >= 0.3 is 6.18 Å². The highest BCUT2D eigenvalue weighted by Crippen LogP contribution is 2.31. The second-order valence-corrected chi connectivity index (χ2v) is 10.9. The third kappa shape index (κ3) is 5.92. The molecule has 1 unspecified atom stereocenters. The normalized spacial score (nSPS) is 12.7. The van der Waals surface area contributed by atoms with Crippen LogP contribution in [0.15, 0.2) is 87.4 Å². The SMILES string of the molecule is Cc1c(-c2ccnc(C(F)(F)F)c2)c(=O)c(C(=O)NCc2ccc(S(C)(=O)=NC#N)cc2)cn1-c1cccnc1. The Kier molecular flexibility index (Phi) is 7.83. The van der Waals surface area contributed by atoms with Gasteiger partial charge in [0.15, 0.2) is 0 Å². The predicted octanol–water partition coefficient (Wildman–Crippen LogP) is 4.49. The molecule has 4 rings (SSSR count). The lowest BCUT2D eigenvalue weighted by Crippen LogP contribution is -2.30. The fourth-order valence-electron chi connectivity index (χ4n) is 3.98. The summed E-state index contributed by atoms with van der Waals surface area (Å²) in [6.45, 7) is 1.55. The van der Waals surface area contributed by atoms with Crippen molar-refractivity contribution in [3.63, 3.8) is 0 Å². The smallest absolute Gasteiger partial charge is 0.348 e. The van der Waals surface area contributed by atoms with E-state index in [1.165, 1.54) is 53.8 Å². The number of pyridine rings is 3. The van der Waals surface area contributed by atoms with E-state index in [-0.39, 0.29) is 23.2 Å². The summed E-state index contributed by atoms with van der Waals surface area (Å²) in [4.78, 5) is 34.5. The fourth-order valence-corrected chi connectivity index (χ4v) is 4.88. The molecule has 0 bridgehead atoms. The van der Waals surface area contributed by atoms with Crippen molar-refractivity contribution in [3.8, 4) is 23.0 Å². The number of hydrogen-bond donors (Lipinski definition) is 1. The number of alkyl halides is 3. The summed E-state index contributed by atoms with van der Waals surface area (Å²) >= 11 is 0. The number of carbonyl (C=O) groups excluding carboxylic acids is 1. The Labute approximate surface area is 227 Å². The van der Waals surface area contributed by atoms with E-state index in [9.17, 15) is 27.0 Å². The molecule has 0 aliphatic heterocycles. The quantitative estimate of drug-likeness (QED) is 0.342. The van der Waals surface area contributed by atoms with Crippen LogP contribution < -0.4 is 10.7 Å². The van der Waals surface area contributed by atoms with Crippen LogP contribution in [0.1, 0.15) is 27.3 Å². The molecule has 1 aromatic carbocycles. The summed E-state index contributed by atoms with van der Waals surface area (Å²) in [7, 11) is -2.88. The molecule has 13 heteroatoms. The van der Waals surface area contributed by atoms with Gasteiger partial charge in [0.1, 0.15) is 11.3 Å². The minimum Gasteiger partial charge on any atom is -0.348 e. The average Bonchev–Trinajstić information content (AvgIpc) is 2.92. The average molecular weight is 567 g/mol. The lowest BCUT2D eigenvalue weighted by molar-refractivity contribution is -0.141. The van der Waals surface area contributed by atoms with E-state index in [1.54, 1.807) is 31.2 Å². The maximum absolute atomic E-state index is 13.5. The summed E-state index contributed by atoms with van der Waals surface area (Å²) in [5.41, 5.74) is -0.963. The van der Waals surface area contributed by atoms with Gasteiger partial charge in [-0.1, -0.05) is 12.1 Å². The Morgan fingerprint density at radius 1 is 1.18 bits per heavy atom. The third-order valence-corrected chi connectivity index (χ3v) is 7.57. The van der Waals surface area contributed by atoms with Gasteiger partial charge in [-0.15, -0.1) is 4.36 Å². The van der Waals surface area contributed by atoms with Crippen LogP contribution >= 0.6 is 0 Å². The van der Waals surface area contributed by atoms with Crippen LogP contribution in [-0.2, 0) is 22.5 Å². The second kappa shape index (κ2) is 11.1. The summed E-state index contributed by atoms with van der Waals surface area (Å²) in [6, 6.07) is 11.6. The Hall–Kier alpha value is -4.83. The van der Waals surface area contributed by atoms with Crippen molar-refractivity contribution in [2.45, 2.75) is 24.5 Å². The summed E-state index contributed by atoms with van der Waals surface area (Å²) < 4.78 is 57.5. The van der Waals surface area contributed by atoms with E-state index in [0.29, 0.717) is 21.8 Å². The molecule has 0 aliphatic rings. The number of nitriles is 1. The molecular formula is C27H21F3N6O3S. The Balaban J connectivity index is 1.75. The number of nitrogens with zero attached hydrogens (tertiary/aromatic N) is 5. The van der Waals surface area contributed by atoms with Crippen LogP contribution in [0.4, 0.5) is 13.2 Å². The van der Waals surface area contributed by atoms with Crippen LogP contribution in [0.5, 0.6) is 0 Å². The molecule has 0 saturated carbocycles. The zero-order valence-electron chi connectivity index (χ0n) is 21.1. The number of carbonyl (C=O) groups is 1. The first-order chi connectivity index (χ1) is 18.9. The van der Waals surface area contributed by atoms with Crippen LogP contribution in [0.3, 0.4) is 0 Å². The van der Waals surface area contributed by atoms with Crippen LogP contribution in [-0.4, -0.2) is 30.9 Å². The summed E-state index contributed by atoms with van der Waals surface area (Å²) in [5, 5.41) is 11.4. The van der Waals surface area contributed by atoms with Crippen molar-refractivity contribution in [1.82, 2.24) is 19.9 Å². The van der Waals surface area contributed by atoms with Gasteiger partial charge in [-0.2, -0.15) is 18.4 Å². The molecule has 0 fully saturated rings. The van der Waals surface area contributed by atoms with Crippen LogP contribution in [0.2, 0.25) is 0 Å². The van der Waals surface area contributed by atoms with Crippen molar-refractivity contribution < 1.29 is 22.2 Å². The van der Waals surface area contributed by atoms with Gasteiger partial charge in [0, 0.05) is 47.5 Å². The molecule has 1 atom stereocenters. The molecule has 204 valence electrons. The molecular weight excluding hydrogens is 545 g/mol. The molecule has 4 aromatic rings. The lowest BCUT2D eigenvalue weighted by atomic mass is 10.0. The molecule has 9 nitrogen and oxygen atoms in total. The van der Waals surface area contributed by atoms with Crippen molar-refractivity contribution in [2.75, 3.05) is 6.26 Å². The number of halogens is 3. The van der Waals surface area contributed by atoms with E-state index >= 15 is 0 Å². The molecule has 0 saturated heterocycles. The summed E-state index contributed by atoms with van der Waals surface area (Å²) in [6.07, 6.45) is 3.42. The van der Waals surface area contributed by atoms with Crippen molar-refractivity contribution >= 4 is 15.6 Å². The van der Waals surface area contributed by atoms with Gasteiger partial charge in [0.2, 0.25) is 11.6 Å². The van der Waals surface area contributed by atoms with E-state index in [0.717, 1.165) is 12.3 Å². The van der Waals surface area contributed by atoms with Gasteiger partial charge in [-0.25, -0.2) is 4.21 Å². The number of aromatic nitrogens is 3. The highest BCUT2D eigenvalue weighted by atomic mass is 32.2. The first-order valence-electron chi connectivity index (χ1n) is 11.6. The Bertz CT molecular complexity index is 1800. The third-order valence-electron chi connectivity index (χ3n) is 5.99. The van der Waals surface area contributed by atoms with Gasteiger partial charge in [-0.3, -0.25) is 19.6 Å². The molecule has 40 heavy (non-hydrogen) atoms. The van der Waals surface area contributed by atoms with E-state index in [2.05, 4.69) is 19.6 Å². The van der Waals surface area contributed by atoms with Crippen LogP contribution in [0, 0.1) is 18.4 Å². The maximum atomic E-state index is 13.5. The number of benzene rings is 1. The molecule has 1 N–H and O–H groups in total. The zero-order valence-corrected chi connectivity index (χ0v) is 22.0. The molecule has 0 aliphatic carbocycles. The zero-order chi connectivity index (χ0) is 29.1. The van der Waals surface area contributed by atoms with E-state index in [1.807, 2.05) is 0 Å². The van der Waals surface area contributed by atoms with Crippen LogP contribution in [0.25, 0.3) is 16.8 Å². The monoisotopic (exact) mass is 566 g/mol. The Morgan fingerprint density at radius 2 is 1.90 bits per heavy atom. The van der Waals surface area contributed by atoms with E-state index < -0.39 is 32.9 Å². The lowest BCUT2D eigenvalue weighted by Gasteiger charge is -2.17. The molecule has 3 aromatic heterocycles. The molecule has 0 radical (unpaired) electrons. The number of nitrogens with one attached hydrogen (secondary N) is 1. The largest absolute Gasteiger partial charge is 0.433 e. The van der Waals surface area contributed by atoms with Gasteiger partial charge in [0.25, 0.3) is 5.91 Å². The minimum atomic E-state index is -4.73. The van der Waals surface area contributed by atoms with Crippen molar-refractivity contribution in [1.29, 1.82) is 5.26 Å². The fraction of sp³-hybridized carbons (Fsp3) is 0.148. The summed E-state index contributed by atoms with van der Waals surface area (Å²) in [5.74, 6) is -0.753. The highest BCUT2D eigenvalue weighted by molar-refractivity contribution is 7.93. The Morgan fingerprint density at radius 3 is 2.52 bits per heavy atom. The van der Waals surface area contributed by atoms with Crippen molar-refractivity contribution in [2.24, 2.45) is 4.36 Å². The van der Waals surface area contributed by atoms with Gasteiger partial charge < -0.3 is 9.88 Å². The predicted molar refractivity (Wildman–Crippen MR) is 141 cm³/mol. The van der Waals surface area contributed by atoms with Crippen molar-refractivity contribution in [3.05, 3.63) is 106 Å². The highest BCUT2D eigenvalue weighted by Gasteiger charge is 2.33. The van der Waals surface area contributed by atoms with Gasteiger partial charge in [0.05, 0.1) is 21.6 Å². The number of rotatable bonds is 6. The first kappa shape index (κ1) is 28.2. The molecule has 3 heterocycles. The number of hydrogen-bond acceptors (Lipinski definition) is 7. The van der Waals surface area contributed by atoms with E-state index in [4.69, 9.17) is 5.26 Å². The standard InChI is InChI=1S/C27H21F3N6O3S/c1-17-24(19-9-11-33-23(12-19)27(28,29)30)25(37)22(15-36(17)20-4-3-10-32-14-20)26(38)34-13-18-5-7-21(8-6-18)40(2,39)35-16-31/h3-12,14-15H,13H2,1-2H3,(H,34,38).